The van der Waals surface area contributed by atoms with Gasteiger partial charge in [-0.15, -0.1) is 0 Å². The molecule has 0 aliphatic heterocycles. The highest BCUT2D eigenvalue weighted by Gasteiger charge is 2.13. The number of nitrogens with two attached hydrogens (primary N) is 1. The predicted octanol–water partition coefficient (Wildman–Crippen LogP) is 1.71. The summed E-state index contributed by atoms with van der Waals surface area (Å²) in [6.07, 6.45) is 3.13. The Morgan fingerprint density at radius 2 is 1.82 bits per heavy atom. The van der Waals surface area contributed by atoms with Crippen LogP contribution >= 0.6 is 0 Å². The second-order valence-corrected chi connectivity index (χ2v) is 3.87. The Labute approximate surface area is 101 Å². The maximum Gasteiger partial charge on any atom is 0.252 e. The van der Waals surface area contributed by atoms with Crippen LogP contribution in [0.15, 0.2) is 24.3 Å². The largest absolute Gasteiger partial charge is 0.366 e. The zero-order valence-electron chi connectivity index (χ0n) is 10.0. The van der Waals surface area contributed by atoms with Gasteiger partial charge in [-0.25, -0.2) is 0 Å². The second kappa shape index (κ2) is 6.68. The zero-order valence-corrected chi connectivity index (χ0v) is 10.0. The minimum Gasteiger partial charge on any atom is -0.366 e. The Bertz CT molecular complexity index is 402. The smallest absolute Gasteiger partial charge is 0.252 e. The van der Waals surface area contributed by atoms with Gasteiger partial charge in [-0.1, -0.05) is 31.9 Å². The van der Waals surface area contributed by atoms with Crippen LogP contribution in [0.3, 0.4) is 0 Å². The molecule has 0 bridgehead atoms. The monoisotopic (exact) mass is 234 g/mol. The van der Waals surface area contributed by atoms with E-state index in [2.05, 4.69) is 12.2 Å². The summed E-state index contributed by atoms with van der Waals surface area (Å²) < 4.78 is 0. The van der Waals surface area contributed by atoms with Crippen molar-refractivity contribution in [1.82, 2.24) is 5.32 Å². The molecule has 1 aromatic rings. The first-order valence-electron chi connectivity index (χ1n) is 5.83. The van der Waals surface area contributed by atoms with Gasteiger partial charge in [0.05, 0.1) is 11.1 Å². The maximum absolute atomic E-state index is 11.8. The van der Waals surface area contributed by atoms with Gasteiger partial charge in [-0.3, -0.25) is 9.59 Å². The summed E-state index contributed by atoms with van der Waals surface area (Å²) in [6, 6.07) is 6.57. The number of hydrogen-bond acceptors (Lipinski definition) is 2. The number of nitrogens with one attached hydrogen (secondary N) is 1. The molecule has 0 unspecified atom stereocenters. The van der Waals surface area contributed by atoms with Gasteiger partial charge in [-0.05, 0) is 18.6 Å². The van der Waals surface area contributed by atoms with Gasteiger partial charge >= 0.3 is 0 Å². The normalized spacial score (nSPS) is 9.94. The third kappa shape index (κ3) is 3.90. The van der Waals surface area contributed by atoms with Gasteiger partial charge in [0.25, 0.3) is 5.91 Å². The van der Waals surface area contributed by atoms with Crippen molar-refractivity contribution in [3.63, 3.8) is 0 Å². The molecule has 0 saturated heterocycles. The molecule has 4 heteroatoms. The van der Waals surface area contributed by atoms with E-state index < -0.39 is 5.91 Å². The van der Waals surface area contributed by atoms with Crippen molar-refractivity contribution >= 4 is 11.8 Å². The molecule has 0 aromatic heterocycles. The molecule has 0 fully saturated rings. The Hall–Kier alpha value is -1.84. The number of unbranched alkanes of at least 4 members (excludes halogenated alkanes) is 2. The van der Waals surface area contributed by atoms with Gasteiger partial charge in [0.2, 0.25) is 5.91 Å². The average Bonchev–Trinajstić information content (AvgIpc) is 2.34. The van der Waals surface area contributed by atoms with Crippen LogP contribution in [0.25, 0.3) is 0 Å². The Morgan fingerprint density at radius 3 is 2.41 bits per heavy atom. The number of benzene rings is 1. The zero-order chi connectivity index (χ0) is 12.7. The van der Waals surface area contributed by atoms with Crippen molar-refractivity contribution in [2.75, 3.05) is 6.54 Å². The highest BCUT2D eigenvalue weighted by Crippen LogP contribution is 2.07. The lowest BCUT2D eigenvalue weighted by Crippen LogP contribution is -2.27. The van der Waals surface area contributed by atoms with E-state index in [4.69, 9.17) is 5.73 Å². The van der Waals surface area contributed by atoms with E-state index in [9.17, 15) is 9.59 Å². The summed E-state index contributed by atoms with van der Waals surface area (Å²) in [7, 11) is 0. The van der Waals surface area contributed by atoms with E-state index in [-0.39, 0.29) is 11.5 Å². The van der Waals surface area contributed by atoms with E-state index in [1.54, 1.807) is 24.3 Å². The molecular weight excluding hydrogens is 216 g/mol. The van der Waals surface area contributed by atoms with Crippen LogP contribution in [0.2, 0.25) is 0 Å². The lowest BCUT2D eigenvalue weighted by atomic mass is 10.1. The van der Waals surface area contributed by atoms with Crippen LogP contribution in [-0.4, -0.2) is 18.4 Å². The van der Waals surface area contributed by atoms with Gasteiger partial charge in [0, 0.05) is 6.54 Å². The average molecular weight is 234 g/mol. The summed E-state index contributed by atoms with van der Waals surface area (Å²) in [5.74, 6) is -0.820. The molecule has 3 N–H and O–H groups in total. The van der Waals surface area contributed by atoms with Crippen molar-refractivity contribution in [3.05, 3.63) is 35.4 Å². The van der Waals surface area contributed by atoms with Gasteiger partial charge in [0.15, 0.2) is 0 Å². The fourth-order valence-corrected chi connectivity index (χ4v) is 1.57. The van der Waals surface area contributed by atoms with E-state index in [1.165, 1.54) is 0 Å². The van der Waals surface area contributed by atoms with Gasteiger partial charge < -0.3 is 11.1 Å². The first-order valence-corrected chi connectivity index (χ1v) is 5.83. The van der Waals surface area contributed by atoms with Crippen LogP contribution in [-0.2, 0) is 0 Å². The highest BCUT2D eigenvalue weighted by molar-refractivity contribution is 6.06. The molecule has 2 amide bonds. The van der Waals surface area contributed by atoms with E-state index >= 15 is 0 Å². The van der Waals surface area contributed by atoms with Crippen molar-refractivity contribution in [2.24, 2.45) is 5.73 Å². The molecule has 92 valence electrons. The highest BCUT2D eigenvalue weighted by atomic mass is 16.2. The molecule has 0 radical (unpaired) electrons. The molecule has 1 aromatic carbocycles. The summed E-state index contributed by atoms with van der Waals surface area (Å²) >= 11 is 0. The summed E-state index contributed by atoms with van der Waals surface area (Å²) in [5.41, 5.74) is 5.82. The molecule has 1 rings (SSSR count). The van der Waals surface area contributed by atoms with Crippen molar-refractivity contribution in [1.29, 1.82) is 0 Å². The Balaban J connectivity index is 2.65. The molecule has 0 aliphatic carbocycles. The number of hydrogen-bond donors (Lipinski definition) is 2. The number of carbonyl (C=O) groups is 2. The van der Waals surface area contributed by atoms with Crippen molar-refractivity contribution in [3.8, 4) is 0 Å². The first-order chi connectivity index (χ1) is 8.16. The summed E-state index contributed by atoms with van der Waals surface area (Å²) in [4.78, 5) is 23.0. The van der Waals surface area contributed by atoms with Crippen LogP contribution in [0, 0.1) is 0 Å². The Kier molecular flexibility index (Phi) is 5.20. The van der Waals surface area contributed by atoms with Crippen LogP contribution in [0.5, 0.6) is 0 Å². The minimum absolute atomic E-state index is 0.240. The molecule has 0 atom stereocenters. The lowest BCUT2D eigenvalue weighted by molar-refractivity contribution is 0.0935. The minimum atomic E-state index is -0.579. The molecular formula is C13H18N2O2. The number of amides is 2. The van der Waals surface area contributed by atoms with Crippen molar-refractivity contribution in [2.45, 2.75) is 26.2 Å². The summed E-state index contributed by atoms with van der Waals surface area (Å²) in [5, 5.41) is 2.78. The lowest BCUT2D eigenvalue weighted by Gasteiger charge is -2.07. The Morgan fingerprint density at radius 1 is 1.18 bits per heavy atom. The fraction of sp³-hybridized carbons (Fsp3) is 0.385. The number of carbonyl (C=O) groups excluding carboxylic acids is 2. The molecule has 0 spiro atoms. The van der Waals surface area contributed by atoms with E-state index in [1.807, 2.05) is 0 Å². The third-order valence-corrected chi connectivity index (χ3v) is 2.50. The third-order valence-electron chi connectivity index (χ3n) is 2.50. The standard InChI is InChI=1S/C13H18N2O2/c1-2-3-6-9-15-13(17)11-8-5-4-7-10(11)12(14)16/h4-5,7-8H,2-3,6,9H2,1H3,(H2,14,16)(H,15,17). The fourth-order valence-electron chi connectivity index (χ4n) is 1.57. The predicted molar refractivity (Wildman–Crippen MR) is 66.8 cm³/mol. The molecule has 0 saturated carbocycles. The van der Waals surface area contributed by atoms with Gasteiger partial charge in [-0.2, -0.15) is 0 Å². The van der Waals surface area contributed by atoms with Crippen LogP contribution in [0.1, 0.15) is 46.9 Å². The van der Waals surface area contributed by atoms with Gasteiger partial charge in [0.1, 0.15) is 0 Å². The van der Waals surface area contributed by atoms with E-state index in [0.29, 0.717) is 12.1 Å². The molecule has 4 nitrogen and oxygen atoms in total. The van der Waals surface area contributed by atoms with E-state index in [0.717, 1.165) is 19.3 Å². The SMILES string of the molecule is CCCCCNC(=O)c1ccccc1C(N)=O. The topological polar surface area (TPSA) is 72.2 Å². The van der Waals surface area contributed by atoms with Crippen molar-refractivity contribution < 1.29 is 9.59 Å². The maximum atomic E-state index is 11.8. The number of rotatable bonds is 6. The number of primary amides is 1. The van der Waals surface area contributed by atoms with Crippen LogP contribution in [0.4, 0.5) is 0 Å². The molecule has 17 heavy (non-hydrogen) atoms. The summed E-state index contributed by atoms with van der Waals surface area (Å²) in [6.45, 7) is 2.73. The first kappa shape index (κ1) is 13.2. The molecule has 0 heterocycles. The quantitative estimate of drug-likeness (QED) is 0.735. The second-order valence-electron chi connectivity index (χ2n) is 3.87. The molecule has 0 aliphatic rings. The van der Waals surface area contributed by atoms with Crippen LogP contribution < -0.4 is 11.1 Å².